The number of rotatable bonds is 23. The number of unbranched alkanes of at least 4 members (excludes halogenated alkanes) is 11. The quantitative estimate of drug-likeness (QED) is 0.0275. The smallest absolute Gasteiger partial charge is 0.462 e. The van der Waals surface area contributed by atoms with E-state index in [1.54, 1.807) is 6.08 Å². The third kappa shape index (κ3) is 24.6. The highest BCUT2D eigenvalue weighted by Crippen LogP contribution is 2.49. The number of hydrogen-bond acceptors (Lipinski definition) is 16. The number of carbonyl (C=O) groups is 2. The fourth-order valence-corrected chi connectivity index (χ4v) is 9.42. The molecule has 0 aromatic heterocycles. The second-order valence-electron chi connectivity index (χ2n) is 17.4. The molecule has 0 radical (unpaired) electrons. The van der Waals surface area contributed by atoms with Gasteiger partial charge in [0.2, 0.25) is 0 Å². The van der Waals surface area contributed by atoms with E-state index < -0.39 is 120 Å². The number of aliphatic hydroxyl groups is 7. The number of allylic oxidation sites excluding steroid dienone is 4. The zero-order valence-electron chi connectivity index (χ0n) is 38.7. The summed E-state index contributed by atoms with van der Waals surface area (Å²) < 4.78 is 52.1. The molecule has 384 valence electrons. The van der Waals surface area contributed by atoms with Crippen LogP contribution in [0.5, 0.6) is 0 Å². The number of phosphoric ester groups is 2. The van der Waals surface area contributed by atoms with Crippen LogP contribution in [-0.2, 0) is 41.8 Å². The second-order valence-corrected chi connectivity index (χ2v) is 20.0. The lowest BCUT2D eigenvalue weighted by atomic mass is 9.83. The van der Waals surface area contributed by atoms with Crippen molar-refractivity contribution in [3.63, 3.8) is 0 Å². The summed E-state index contributed by atoms with van der Waals surface area (Å²) >= 11 is 0. The lowest BCUT2D eigenvalue weighted by Gasteiger charge is -2.38. The largest absolute Gasteiger partial charge is 0.472 e. The summed E-state index contributed by atoms with van der Waals surface area (Å²) in [6.07, 6.45) is 2.14. The van der Waals surface area contributed by atoms with Crippen LogP contribution >= 0.6 is 15.6 Å². The minimum absolute atomic E-state index is 0.0464. The van der Waals surface area contributed by atoms with Gasteiger partial charge in [0.15, 0.2) is 6.10 Å². The standard InChI is InChI=1S/C45H80O19P2/c1-3-5-7-8-9-10-11-12-13-14-15-16-21-25-38(49)60-30-33-31-61-66(58,59)64-45-43(54)42(53)40(51)34(24-20-17-18-22-26-39(50)62-33)36(47)29-37(48)35(28-27-32(46)23-19-6-4-2)41(52)44(45)63-65(55,56)57/h10-11,17,20,27-28,32-37,40-48,51-54H,3-9,12-16,18-19,21-26,29-31H2,1-2H3,(H,58,59)(H2,55,56,57)/b11-10-,20-17?,28-27?/t32-,33+,34-,35-,36-,37+,40+,41+,42-,43+,44+,45-/m0/s1. The molecule has 1 heterocycles. The number of hydrogen-bond donors (Lipinski definition) is 10. The minimum atomic E-state index is -5.76. The molecule has 10 N–H and O–H groups in total. The molecule has 1 aliphatic heterocycles. The molecule has 2 bridgehead atoms. The predicted octanol–water partition coefficient (Wildman–Crippen LogP) is 5.11. The van der Waals surface area contributed by atoms with Gasteiger partial charge in [-0.2, -0.15) is 0 Å². The normalized spacial score (nSPS) is 31.9. The van der Waals surface area contributed by atoms with Crippen LogP contribution in [0.2, 0.25) is 0 Å². The van der Waals surface area contributed by atoms with Gasteiger partial charge < -0.3 is 59.9 Å². The Morgan fingerprint density at radius 3 is 2.17 bits per heavy atom. The Hall–Kier alpha value is -1.90. The fraction of sp³-hybridized carbons (Fsp3) is 0.822. The molecule has 1 aliphatic carbocycles. The van der Waals surface area contributed by atoms with E-state index in [0.717, 1.165) is 57.4 Å². The van der Waals surface area contributed by atoms with E-state index in [-0.39, 0.29) is 38.5 Å². The van der Waals surface area contributed by atoms with Gasteiger partial charge in [-0.05, 0) is 57.8 Å². The van der Waals surface area contributed by atoms with Crippen molar-refractivity contribution in [2.24, 2.45) is 11.8 Å². The Morgan fingerprint density at radius 1 is 0.864 bits per heavy atom. The van der Waals surface area contributed by atoms with E-state index in [9.17, 15) is 69.1 Å². The Kier molecular flexibility index (Phi) is 30.0. The van der Waals surface area contributed by atoms with Crippen LogP contribution in [0.25, 0.3) is 0 Å². The lowest BCUT2D eigenvalue weighted by molar-refractivity contribution is -0.165. The Bertz CT molecular complexity index is 1540. The minimum Gasteiger partial charge on any atom is -0.462 e. The number of ether oxygens (including phenoxy) is 2. The van der Waals surface area contributed by atoms with Crippen molar-refractivity contribution < 1.29 is 92.2 Å². The van der Waals surface area contributed by atoms with Crippen LogP contribution in [0.3, 0.4) is 0 Å². The van der Waals surface area contributed by atoms with Crippen molar-refractivity contribution in [1.82, 2.24) is 0 Å². The summed E-state index contributed by atoms with van der Waals surface area (Å²) in [5.74, 6) is -4.51. The van der Waals surface area contributed by atoms with E-state index in [2.05, 4.69) is 19.1 Å². The molecule has 66 heavy (non-hydrogen) atoms. The third-order valence-corrected chi connectivity index (χ3v) is 13.2. The zero-order valence-corrected chi connectivity index (χ0v) is 40.5. The van der Waals surface area contributed by atoms with E-state index in [0.29, 0.717) is 12.8 Å². The second kappa shape index (κ2) is 32.8. The van der Waals surface area contributed by atoms with Gasteiger partial charge in [-0.3, -0.25) is 23.2 Å². The molecule has 2 aliphatic rings. The van der Waals surface area contributed by atoms with Gasteiger partial charge >= 0.3 is 27.6 Å². The number of fused-ring (bicyclic) bond motifs is 4. The first kappa shape index (κ1) is 60.2. The SMILES string of the molecule is CCCCCC/C=C\CCCCCCCC(=O)OC[C@@H]1COP(=O)(O)O[C@H]2[C@H](O)[C@@H](O)[C@H](O)[C@@H](CC=CCCCC(=O)O1)[C@@H](O)C[C@@H](O)[C@H](C=C[C@@H](O)CCCCC)[C@@H](O)[C@H]2OP(=O)(O)O. The molecule has 1 unspecified atom stereocenters. The molecule has 0 spiro atoms. The highest BCUT2D eigenvalue weighted by atomic mass is 31.2. The average Bonchev–Trinajstić information content (AvgIpc) is 3.25. The van der Waals surface area contributed by atoms with Gasteiger partial charge in [-0.15, -0.1) is 0 Å². The maximum Gasteiger partial charge on any atom is 0.472 e. The topological polar surface area (TPSA) is 317 Å². The summed E-state index contributed by atoms with van der Waals surface area (Å²) in [5, 5.41) is 79.6. The van der Waals surface area contributed by atoms with Crippen molar-refractivity contribution in [2.75, 3.05) is 13.2 Å². The molecule has 1 saturated carbocycles. The first-order valence-electron chi connectivity index (χ1n) is 23.8. The average molecular weight is 987 g/mol. The monoisotopic (exact) mass is 986 g/mol. The zero-order chi connectivity index (χ0) is 49.1. The number of carbonyl (C=O) groups excluding carboxylic acids is 2. The maximum atomic E-state index is 13.7. The van der Waals surface area contributed by atoms with Crippen molar-refractivity contribution in [1.29, 1.82) is 0 Å². The van der Waals surface area contributed by atoms with Crippen molar-refractivity contribution in [3.8, 4) is 0 Å². The molecule has 1 fully saturated rings. The van der Waals surface area contributed by atoms with Crippen molar-refractivity contribution in [3.05, 3.63) is 36.5 Å². The summed E-state index contributed by atoms with van der Waals surface area (Å²) in [6, 6.07) is 0. The summed E-state index contributed by atoms with van der Waals surface area (Å²) in [5.41, 5.74) is 0. The molecule has 0 aromatic rings. The molecule has 2 rings (SSSR count). The Balaban J connectivity index is 2.37. The van der Waals surface area contributed by atoms with Gasteiger partial charge in [-0.25, -0.2) is 9.13 Å². The predicted molar refractivity (Wildman–Crippen MR) is 243 cm³/mol. The molecule has 0 saturated heterocycles. The van der Waals surface area contributed by atoms with Crippen LogP contribution in [0.1, 0.15) is 149 Å². The van der Waals surface area contributed by atoms with Gasteiger partial charge in [0.25, 0.3) is 0 Å². The molecule has 13 atom stereocenters. The number of esters is 2. The molecule has 0 amide bonds. The molecule has 0 aromatic carbocycles. The summed E-state index contributed by atoms with van der Waals surface area (Å²) in [7, 11) is -11.4. The van der Waals surface area contributed by atoms with Crippen LogP contribution in [0.15, 0.2) is 36.5 Å². The van der Waals surface area contributed by atoms with Gasteiger partial charge in [0, 0.05) is 31.1 Å². The summed E-state index contributed by atoms with van der Waals surface area (Å²) in [6.45, 7) is 2.54. The van der Waals surface area contributed by atoms with E-state index >= 15 is 0 Å². The highest BCUT2D eigenvalue weighted by molar-refractivity contribution is 7.47. The number of aliphatic hydroxyl groups excluding tert-OH is 7. The Morgan fingerprint density at radius 2 is 1.50 bits per heavy atom. The van der Waals surface area contributed by atoms with E-state index in [4.69, 9.17) is 23.0 Å². The first-order chi connectivity index (χ1) is 31.3. The van der Waals surface area contributed by atoms with Crippen molar-refractivity contribution >= 4 is 27.6 Å². The van der Waals surface area contributed by atoms with Gasteiger partial charge in [0.05, 0.1) is 37.1 Å². The molecule has 19 nitrogen and oxygen atoms in total. The Labute approximate surface area is 390 Å². The number of phosphoric acid groups is 2. The highest BCUT2D eigenvalue weighted by Gasteiger charge is 2.51. The summed E-state index contributed by atoms with van der Waals surface area (Å²) in [4.78, 5) is 56.6. The van der Waals surface area contributed by atoms with E-state index in [1.807, 2.05) is 6.92 Å². The van der Waals surface area contributed by atoms with Crippen molar-refractivity contribution in [2.45, 2.75) is 210 Å². The van der Waals surface area contributed by atoms with Gasteiger partial charge in [-0.1, -0.05) is 108 Å². The first-order valence-corrected chi connectivity index (χ1v) is 26.8. The van der Waals surface area contributed by atoms with E-state index in [1.165, 1.54) is 37.8 Å². The van der Waals surface area contributed by atoms with Crippen LogP contribution in [-0.4, -0.2) is 137 Å². The van der Waals surface area contributed by atoms with Crippen LogP contribution in [0, 0.1) is 11.8 Å². The number of cyclic esters (lactones) is 1. The molecular formula is C45H80O19P2. The lowest BCUT2D eigenvalue weighted by Crippen LogP contribution is -2.56. The third-order valence-electron chi connectivity index (χ3n) is 11.7. The van der Waals surface area contributed by atoms with Crippen LogP contribution < -0.4 is 0 Å². The van der Waals surface area contributed by atoms with Crippen LogP contribution in [0.4, 0.5) is 0 Å². The van der Waals surface area contributed by atoms with Gasteiger partial charge in [0.1, 0.15) is 31.0 Å². The maximum absolute atomic E-state index is 13.7. The fourth-order valence-electron chi connectivity index (χ4n) is 7.89. The molecule has 21 heteroatoms. The molecular weight excluding hydrogens is 906 g/mol.